The van der Waals surface area contributed by atoms with Crippen molar-refractivity contribution < 1.29 is 14.4 Å². The SMILES string of the molecule is C=CC(=O)N1CCCC(N=C(N)N/C(Nc2cccc(C(=O)N3CCCCC3)c2)=C(\N)C(N)=O)C1. The smallest absolute Gasteiger partial charge is 0.268 e. The molecule has 1 aromatic carbocycles. The van der Waals surface area contributed by atoms with Crippen LogP contribution >= 0.6 is 0 Å². The fourth-order valence-electron chi connectivity index (χ4n) is 4.19. The number of nitrogens with zero attached hydrogens (tertiary/aromatic N) is 3. The van der Waals surface area contributed by atoms with E-state index in [0.29, 0.717) is 24.3 Å². The summed E-state index contributed by atoms with van der Waals surface area (Å²) in [6, 6.07) is 6.67. The number of carbonyl (C=O) groups excluding carboxylic acids is 3. The molecule has 11 nitrogen and oxygen atoms in total. The molecular weight excluding hydrogens is 448 g/mol. The Morgan fingerprint density at radius 2 is 1.74 bits per heavy atom. The highest BCUT2D eigenvalue weighted by Crippen LogP contribution is 2.18. The number of piperidine rings is 2. The van der Waals surface area contributed by atoms with E-state index in [1.165, 1.54) is 6.08 Å². The molecule has 0 bridgehead atoms. The number of benzene rings is 1. The van der Waals surface area contributed by atoms with Gasteiger partial charge in [-0.2, -0.15) is 0 Å². The first-order valence-corrected chi connectivity index (χ1v) is 11.8. The monoisotopic (exact) mass is 482 g/mol. The molecule has 0 aromatic heterocycles. The summed E-state index contributed by atoms with van der Waals surface area (Å²) in [5.41, 5.74) is 18.2. The van der Waals surface area contributed by atoms with Crippen molar-refractivity contribution in [2.75, 3.05) is 31.5 Å². The number of nitrogens with two attached hydrogens (primary N) is 3. The van der Waals surface area contributed by atoms with Crippen molar-refractivity contribution in [1.29, 1.82) is 0 Å². The lowest BCUT2D eigenvalue weighted by Crippen LogP contribution is -2.43. The largest absolute Gasteiger partial charge is 0.391 e. The number of primary amides is 1. The fourth-order valence-corrected chi connectivity index (χ4v) is 4.19. The summed E-state index contributed by atoms with van der Waals surface area (Å²) in [7, 11) is 0. The summed E-state index contributed by atoms with van der Waals surface area (Å²) >= 11 is 0. The lowest BCUT2D eigenvalue weighted by molar-refractivity contribution is -0.127. The van der Waals surface area contributed by atoms with Crippen LogP contribution in [0.2, 0.25) is 0 Å². The molecule has 2 heterocycles. The van der Waals surface area contributed by atoms with Crippen LogP contribution in [0.5, 0.6) is 0 Å². The summed E-state index contributed by atoms with van der Waals surface area (Å²) in [6.07, 6.45) is 5.93. The van der Waals surface area contributed by atoms with E-state index in [1.807, 2.05) is 4.90 Å². The van der Waals surface area contributed by atoms with Gasteiger partial charge in [0.15, 0.2) is 5.96 Å². The molecule has 8 N–H and O–H groups in total. The van der Waals surface area contributed by atoms with Crippen LogP contribution in [0.4, 0.5) is 5.69 Å². The van der Waals surface area contributed by atoms with Crippen molar-refractivity contribution >= 4 is 29.4 Å². The van der Waals surface area contributed by atoms with E-state index in [1.54, 1.807) is 29.2 Å². The predicted molar refractivity (Wildman–Crippen MR) is 135 cm³/mol. The van der Waals surface area contributed by atoms with E-state index < -0.39 is 5.91 Å². The Balaban J connectivity index is 1.74. The average molecular weight is 483 g/mol. The Morgan fingerprint density at radius 3 is 2.43 bits per heavy atom. The summed E-state index contributed by atoms with van der Waals surface area (Å²) in [4.78, 5) is 44.5. The molecule has 0 aliphatic carbocycles. The third-order valence-electron chi connectivity index (χ3n) is 6.01. The van der Waals surface area contributed by atoms with Gasteiger partial charge in [-0.25, -0.2) is 4.99 Å². The predicted octanol–water partition coefficient (Wildman–Crippen LogP) is 0.419. The third kappa shape index (κ3) is 6.98. The van der Waals surface area contributed by atoms with Crippen LogP contribution in [-0.2, 0) is 9.59 Å². The minimum atomic E-state index is -0.853. The Kier molecular flexibility index (Phi) is 8.71. The molecule has 1 unspecified atom stereocenters. The maximum atomic E-state index is 12.9. The van der Waals surface area contributed by atoms with Crippen molar-refractivity contribution in [3.8, 4) is 0 Å². The van der Waals surface area contributed by atoms with Gasteiger partial charge in [-0.3, -0.25) is 14.4 Å². The molecule has 2 saturated heterocycles. The number of carbonyl (C=O) groups is 3. The molecule has 188 valence electrons. The number of nitrogens with one attached hydrogen (secondary N) is 2. The number of hydrogen-bond donors (Lipinski definition) is 5. The molecule has 0 radical (unpaired) electrons. The standard InChI is InChI=1S/C24H34N8O3/c1-2-19(33)32-13-7-10-18(15-32)29-24(27)30-22(20(25)21(26)34)28-17-9-6-8-16(14-17)23(35)31-11-4-3-5-12-31/h2,6,8-9,14,18,28H,1,3-5,7,10-13,15,25H2,(H2,26,34)(H3,27,29,30)/b22-20-. The molecule has 2 aliphatic rings. The Hall–Kier alpha value is -4.02. The van der Waals surface area contributed by atoms with E-state index in [-0.39, 0.29) is 35.3 Å². The topological polar surface area (TPSA) is 172 Å². The van der Waals surface area contributed by atoms with Crippen molar-refractivity contribution in [1.82, 2.24) is 15.1 Å². The van der Waals surface area contributed by atoms with E-state index in [9.17, 15) is 14.4 Å². The molecule has 35 heavy (non-hydrogen) atoms. The zero-order chi connectivity index (χ0) is 25.4. The highest BCUT2D eigenvalue weighted by molar-refractivity contribution is 5.96. The van der Waals surface area contributed by atoms with Gasteiger partial charge < -0.3 is 37.6 Å². The second-order valence-electron chi connectivity index (χ2n) is 8.64. The highest BCUT2D eigenvalue weighted by Gasteiger charge is 2.23. The number of likely N-dealkylation sites (tertiary alicyclic amines) is 2. The first-order chi connectivity index (χ1) is 16.8. The van der Waals surface area contributed by atoms with Crippen LogP contribution in [-0.4, -0.2) is 65.7 Å². The van der Waals surface area contributed by atoms with E-state index in [2.05, 4.69) is 22.2 Å². The number of anilines is 1. The van der Waals surface area contributed by atoms with Gasteiger partial charge in [-0.15, -0.1) is 0 Å². The van der Waals surface area contributed by atoms with Gasteiger partial charge in [0, 0.05) is 37.4 Å². The minimum Gasteiger partial charge on any atom is -0.391 e. The Morgan fingerprint density at radius 1 is 1.03 bits per heavy atom. The van der Waals surface area contributed by atoms with Crippen LogP contribution in [0, 0.1) is 0 Å². The Labute approximate surface area is 205 Å². The first kappa shape index (κ1) is 25.6. The van der Waals surface area contributed by atoms with Crippen LogP contribution < -0.4 is 27.8 Å². The second kappa shape index (κ2) is 11.9. The first-order valence-electron chi connectivity index (χ1n) is 11.8. The second-order valence-corrected chi connectivity index (χ2v) is 8.64. The van der Waals surface area contributed by atoms with Gasteiger partial charge in [0.05, 0.1) is 6.04 Å². The van der Waals surface area contributed by atoms with Gasteiger partial charge in [0.25, 0.3) is 11.8 Å². The lowest BCUT2D eigenvalue weighted by atomic mass is 10.1. The molecular formula is C24H34N8O3. The molecule has 2 fully saturated rings. The van der Waals surface area contributed by atoms with Crippen molar-refractivity contribution in [3.05, 3.63) is 54.0 Å². The summed E-state index contributed by atoms with van der Waals surface area (Å²) < 4.78 is 0. The van der Waals surface area contributed by atoms with Crippen LogP contribution in [0.3, 0.4) is 0 Å². The molecule has 1 aromatic rings. The van der Waals surface area contributed by atoms with Crippen molar-refractivity contribution in [3.63, 3.8) is 0 Å². The maximum absolute atomic E-state index is 12.9. The number of amides is 3. The van der Waals surface area contributed by atoms with Gasteiger partial charge in [-0.1, -0.05) is 12.6 Å². The molecule has 0 saturated carbocycles. The van der Waals surface area contributed by atoms with Crippen molar-refractivity contribution in [2.45, 2.75) is 38.1 Å². The van der Waals surface area contributed by atoms with Crippen LogP contribution in [0.25, 0.3) is 0 Å². The maximum Gasteiger partial charge on any atom is 0.268 e. The van der Waals surface area contributed by atoms with Gasteiger partial charge in [0.1, 0.15) is 11.5 Å². The normalized spacial score (nSPS) is 19.4. The number of rotatable bonds is 7. The highest BCUT2D eigenvalue weighted by atomic mass is 16.2. The third-order valence-corrected chi connectivity index (χ3v) is 6.01. The minimum absolute atomic E-state index is 0.00940. The van der Waals surface area contributed by atoms with Gasteiger partial charge in [0.2, 0.25) is 5.91 Å². The van der Waals surface area contributed by atoms with Gasteiger partial charge >= 0.3 is 0 Å². The zero-order valence-corrected chi connectivity index (χ0v) is 19.8. The van der Waals surface area contributed by atoms with E-state index >= 15 is 0 Å². The summed E-state index contributed by atoms with van der Waals surface area (Å²) in [5, 5.41) is 5.81. The zero-order valence-electron chi connectivity index (χ0n) is 19.8. The van der Waals surface area contributed by atoms with Crippen molar-refractivity contribution in [2.24, 2.45) is 22.2 Å². The number of guanidine groups is 1. The molecule has 11 heteroatoms. The molecule has 1 atom stereocenters. The fraction of sp³-hybridized carbons (Fsp3) is 0.417. The average Bonchev–Trinajstić information content (AvgIpc) is 2.87. The molecule has 3 rings (SSSR count). The number of hydrogen-bond acceptors (Lipinski definition) is 6. The molecule has 2 aliphatic heterocycles. The lowest BCUT2D eigenvalue weighted by Gasteiger charge is -2.30. The number of aliphatic imine (C=N–C) groups is 1. The van der Waals surface area contributed by atoms with Crippen LogP contribution in [0.1, 0.15) is 42.5 Å². The molecule has 0 spiro atoms. The van der Waals surface area contributed by atoms with Gasteiger partial charge in [-0.05, 0) is 56.4 Å². The molecule has 3 amide bonds. The van der Waals surface area contributed by atoms with E-state index in [0.717, 1.165) is 45.2 Å². The summed E-state index contributed by atoms with van der Waals surface area (Å²) in [6.45, 7) is 6.04. The Bertz CT molecular complexity index is 1030. The summed E-state index contributed by atoms with van der Waals surface area (Å²) in [5.74, 6) is -0.998. The van der Waals surface area contributed by atoms with E-state index in [4.69, 9.17) is 17.2 Å². The quantitative estimate of drug-likeness (QED) is 0.213. The van der Waals surface area contributed by atoms with Crippen LogP contribution in [0.15, 0.2) is 53.4 Å².